The fourth-order valence-electron chi connectivity index (χ4n) is 3.71. The number of likely N-dealkylation sites (tertiary alicyclic amines) is 1. The number of nitrogens with zero attached hydrogens (tertiary/aromatic N) is 1. The molecule has 2 atom stereocenters. The van der Waals surface area contributed by atoms with E-state index in [4.69, 9.17) is 16.3 Å². The van der Waals surface area contributed by atoms with Gasteiger partial charge in [-0.1, -0.05) is 42.8 Å². The lowest BCUT2D eigenvalue weighted by Crippen LogP contribution is -2.36. The van der Waals surface area contributed by atoms with Crippen molar-refractivity contribution in [2.24, 2.45) is 5.92 Å². The van der Waals surface area contributed by atoms with E-state index in [0.29, 0.717) is 30.2 Å². The van der Waals surface area contributed by atoms with Gasteiger partial charge in [0.15, 0.2) is 0 Å². The van der Waals surface area contributed by atoms with E-state index in [1.807, 2.05) is 31.2 Å². The molecule has 1 aliphatic heterocycles. The van der Waals surface area contributed by atoms with Gasteiger partial charge in [-0.3, -0.25) is 9.59 Å². The normalized spacial score (nSPS) is 18.8. The smallest absolute Gasteiger partial charge is 0.253 e. The number of nitrogens with one attached hydrogen (secondary N) is 1. The first-order chi connectivity index (χ1) is 13.5. The number of methoxy groups -OCH3 is 1. The number of benzene rings is 2. The van der Waals surface area contributed by atoms with Crippen LogP contribution in [0.15, 0.2) is 48.5 Å². The molecule has 3 rings (SSSR count). The van der Waals surface area contributed by atoms with E-state index >= 15 is 0 Å². The van der Waals surface area contributed by atoms with Gasteiger partial charge in [-0.15, -0.1) is 0 Å². The highest BCUT2D eigenvalue weighted by atomic mass is 35.5. The van der Waals surface area contributed by atoms with Gasteiger partial charge in [0.05, 0.1) is 13.0 Å². The number of carbonyl (C=O) groups is 2. The van der Waals surface area contributed by atoms with E-state index < -0.39 is 0 Å². The van der Waals surface area contributed by atoms with Crippen LogP contribution in [0, 0.1) is 5.92 Å². The third-order valence-electron chi connectivity index (χ3n) is 5.10. The molecule has 1 aliphatic rings. The molecule has 2 amide bonds. The highest BCUT2D eigenvalue weighted by Gasteiger charge is 2.41. The Labute approximate surface area is 170 Å². The number of hydrogen-bond acceptors (Lipinski definition) is 3. The van der Waals surface area contributed by atoms with Crippen molar-refractivity contribution in [3.8, 4) is 5.75 Å². The first-order valence-electron chi connectivity index (χ1n) is 9.50. The minimum absolute atomic E-state index is 0.0286. The fourth-order valence-corrected chi connectivity index (χ4v) is 3.90. The van der Waals surface area contributed by atoms with Gasteiger partial charge >= 0.3 is 0 Å². The summed E-state index contributed by atoms with van der Waals surface area (Å²) in [5.74, 6) is 0.132. The summed E-state index contributed by atoms with van der Waals surface area (Å²) >= 11 is 6.04. The molecule has 2 aromatic carbocycles. The van der Waals surface area contributed by atoms with Crippen LogP contribution in [-0.2, 0) is 4.79 Å². The second kappa shape index (κ2) is 9.11. The Balaban J connectivity index is 1.90. The van der Waals surface area contributed by atoms with Crippen LogP contribution >= 0.6 is 11.6 Å². The second-order valence-electron chi connectivity index (χ2n) is 6.97. The predicted octanol–water partition coefficient (Wildman–Crippen LogP) is 3.73. The Morgan fingerprint density at radius 3 is 2.68 bits per heavy atom. The molecule has 5 nitrogen and oxygen atoms in total. The Kier molecular flexibility index (Phi) is 6.57. The number of hydrogen-bond donors (Lipinski definition) is 1. The number of rotatable bonds is 6. The lowest BCUT2D eigenvalue weighted by Gasteiger charge is -2.20. The number of carbonyl (C=O) groups excluding carboxylic acids is 2. The van der Waals surface area contributed by atoms with E-state index in [-0.39, 0.29) is 23.7 Å². The van der Waals surface area contributed by atoms with E-state index in [2.05, 4.69) is 5.32 Å². The molecule has 1 saturated heterocycles. The quantitative estimate of drug-likeness (QED) is 0.803. The van der Waals surface area contributed by atoms with Crippen LogP contribution in [-0.4, -0.2) is 43.5 Å². The van der Waals surface area contributed by atoms with Crippen LogP contribution in [0.3, 0.4) is 0 Å². The van der Waals surface area contributed by atoms with Crippen molar-refractivity contribution >= 4 is 23.4 Å². The Hall–Kier alpha value is -2.53. The van der Waals surface area contributed by atoms with Gasteiger partial charge in [-0.2, -0.15) is 0 Å². The van der Waals surface area contributed by atoms with Gasteiger partial charge in [0.1, 0.15) is 5.75 Å². The van der Waals surface area contributed by atoms with Crippen LogP contribution in [0.1, 0.15) is 35.2 Å². The molecule has 1 N–H and O–H groups in total. The highest BCUT2D eigenvalue weighted by molar-refractivity contribution is 6.30. The number of amides is 2. The molecule has 28 heavy (non-hydrogen) atoms. The van der Waals surface area contributed by atoms with Crippen molar-refractivity contribution in [2.45, 2.75) is 19.3 Å². The SMILES string of the molecule is CCCNC(=O)C1CN(C(=O)c2cccc(Cl)c2)CC1c1ccccc1OC. The Bertz CT molecular complexity index is 855. The van der Waals surface area contributed by atoms with Crippen LogP contribution in [0.25, 0.3) is 0 Å². The Morgan fingerprint density at radius 1 is 1.18 bits per heavy atom. The van der Waals surface area contributed by atoms with Crippen LogP contribution in [0.5, 0.6) is 5.75 Å². The lowest BCUT2D eigenvalue weighted by molar-refractivity contribution is -0.124. The van der Waals surface area contributed by atoms with Gasteiger partial charge in [-0.25, -0.2) is 0 Å². The molecule has 0 bridgehead atoms. The molecule has 6 heteroatoms. The standard InChI is InChI=1S/C22H25ClN2O3/c1-3-11-24-21(26)19-14-25(22(27)15-7-6-8-16(23)12-15)13-18(19)17-9-4-5-10-20(17)28-2/h4-10,12,18-19H,3,11,13-14H2,1-2H3,(H,24,26). The van der Waals surface area contributed by atoms with Crippen molar-refractivity contribution in [3.63, 3.8) is 0 Å². The van der Waals surface area contributed by atoms with E-state index in [0.717, 1.165) is 17.7 Å². The van der Waals surface area contributed by atoms with Crippen LogP contribution in [0.4, 0.5) is 0 Å². The first-order valence-corrected chi connectivity index (χ1v) is 9.88. The summed E-state index contributed by atoms with van der Waals surface area (Å²) in [5.41, 5.74) is 1.48. The molecule has 0 spiro atoms. The molecule has 148 valence electrons. The maximum atomic E-state index is 13.0. The van der Waals surface area contributed by atoms with E-state index in [1.54, 1.807) is 36.3 Å². The minimum Gasteiger partial charge on any atom is -0.496 e. The third kappa shape index (κ3) is 4.30. The summed E-state index contributed by atoms with van der Waals surface area (Å²) in [4.78, 5) is 27.6. The lowest BCUT2D eigenvalue weighted by atomic mass is 9.87. The minimum atomic E-state index is -0.328. The summed E-state index contributed by atoms with van der Waals surface area (Å²) in [7, 11) is 1.62. The molecular weight excluding hydrogens is 376 g/mol. The molecule has 1 heterocycles. The van der Waals surface area contributed by atoms with Gasteiger partial charge in [-0.05, 0) is 36.2 Å². The first kappa shape index (κ1) is 20.2. The maximum absolute atomic E-state index is 13.0. The molecule has 2 unspecified atom stereocenters. The molecule has 2 aromatic rings. The largest absolute Gasteiger partial charge is 0.496 e. The fraction of sp³-hybridized carbons (Fsp3) is 0.364. The molecule has 0 saturated carbocycles. The van der Waals surface area contributed by atoms with E-state index in [9.17, 15) is 9.59 Å². The third-order valence-corrected chi connectivity index (χ3v) is 5.34. The highest BCUT2D eigenvalue weighted by Crippen LogP contribution is 2.38. The average molecular weight is 401 g/mol. The zero-order valence-corrected chi connectivity index (χ0v) is 16.9. The van der Waals surface area contributed by atoms with Crippen molar-refractivity contribution in [2.75, 3.05) is 26.7 Å². The zero-order valence-electron chi connectivity index (χ0n) is 16.2. The van der Waals surface area contributed by atoms with Crippen molar-refractivity contribution in [1.82, 2.24) is 10.2 Å². The molecule has 1 fully saturated rings. The van der Waals surface area contributed by atoms with Crippen LogP contribution < -0.4 is 10.1 Å². The molecule has 0 radical (unpaired) electrons. The summed E-state index contributed by atoms with van der Waals surface area (Å²) in [6.07, 6.45) is 0.864. The van der Waals surface area contributed by atoms with Crippen molar-refractivity contribution < 1.29 is 14.3 Å². The van der Waals surface area contributed by atoms with Crippen molar-refractivity contribution in [1.29, 1.82) is 0 Å². The second-order valence-corrected chi connectivity index (χ2v) is 7.40. The zero-order chi connectivity index (χ0) is 20.1. The summed E-state index contributed by atoms with van der Waals surface area (Å²) in [6, 6.07) is 14.6. The van der Waals surface area contributed by atoms with Gasteiger partial charge in [0.2, 0.25) is 5.91 Å². The summed E-state index contributed by atoms with van der Waals surface area (Å²) < 4.78 is 5.51. The van der Waals surface area contributed by atoms with Crippen LogP contribution in [0.2, 0.25) is 5.02 Å². The average Bonchev–Trinajstić information content (AvgIpc) is 3.16. The maximum Gasteiger partial charge on any atom is 0.253 e. The molecule has 0 aromatic heterocycles. The molecular formula is C22H25ClN2O3. The monoisotopic (exact) mass is 400 g/mol. The number of para-hydroxylation sites is 1. The number of ether oxygens (including phenoxy) is 1. The van der Waals surface area contributed by atoms with Crippen molar-refractivity contribution in [3.05, 3.63) is 64.7 Å². The molecule has 0 aliphatic carbocycles. The predicted molar refractivity (Wildman–Crippen MR) is 110 cm³/mol. The van der Waals surface area contributed by atoms with Gasteiger partial charge < -0.3 is 15.0 Å². The van der Waals surface area contributed by atoms with Gasteiger partial charge in [0.25, 0.3) is 5.91 Å². The van der Waals surface area contributed by atoms with E-state index in [1.165, 1.54) is 0 Å². The topological polar surface area (TPSA) is 58.6 Å². The van der Waals surface area contributed by atoms with Gasteiger partial charge in [0, 0.05) is 36.1 Å². The summed E-state index contributed by atoms with van der Waals surface area (Å²) in [5, 5.41) is 3.50. The summed E-state index contributed by atoms with van der Waals surface area (Å²) in [6.45, 7) is 3.46. The Morgan fingerprint density at radius 2 is 1.96 bits per heavy atom. The number of halogens is 1.